The second-order valence-electron chi connectivity index (χ2n) is 8.00. The fraction of sp³-hybridized carbons (Fsp3) is 0.250. The Morgan fingerprint density at radius 3 is 1.54 bits per heavy atom. The first-order valence-electron chi connectivity index (χ1n) is 11.1. The fourth-order valence-electron chi connectivity index (χ4n) is 4.12. The van der Waals surface area contributed by atoms with Crippen molar-refractivity contribution in [3.8, 4) is 17.9 Å². The fourth-order valence-corrected chi connectivity index (χ4v) is 9.78. The molecule has 0 saturated heterocycles. The summed E-state index contributed by atoms with van der Waals surface area (Å²) in [6.45, 7) is 1.87. The van der Waals surface area contributed by atoms with Gasteiger partial charge in [0, 0.05) is 6.42 Å². The number of halogens is 4. The van der Waals surface area contributed by atoms with E-state index in [2.05, 4.69) is 5.92 Å². The zero-order valence-electron chi connectivity index (χ0n) is 19.1. The van der Waals surface area contributed by atoms with E-state index in [0.717, 1.165) is 0 Å². The number of unbranched alkanes of at least 4 members (excludes halogenated alkanes) is 2. The van der Waals surface area contributed by atoms with Crippen molar-refractivity contribution in [1.82, 2.24) is 0 Å². The first-order chi connectivity index (χ1) is 16.7. The first kappa shape index (κ1) is 26.8. The zero-order chi connectivity index (χ0) is 25.6. The second kappa shape index (κ2) is 10.8. The largest absolute Gasteiger partial charge is 0.828 e. The smallest absolute Gasteiger partial charge is 0.397 e. The number of alkyl halides is 4. The van der Waals surface area contributed by atoms with E-state index in [0.29, 0.717) is 28.8 Å². The van der Waals surface area contributed by atoms with E-state index in [9.17, 15) is 23.5 Å². The normalized spacial score (nSPS) is 15.1. The van der Waals surface area contributed by atoms with Crippen molar-refractivity contribution in [3.63, 3.8) is 0 Å². The molecule has 3 aromatic carbocycles. The molecule has 3 rings (SSSR count). The Kier molecular flexibility index (Phi) is 8.30. The summed E-state index contributed by atoms with van der Waals surface area (Å²) < 4.78 is 41.2. The van der Waals surface area contributed by atoms with Gasteiger partial charge in [0.05, 0.1) is 0 Å². The molecule has 3 aromatic rings. The molecule has 0 aliphatic carbocycles. The van der Waals surface area contributed by atoms with Crippen molar-refractivity contribution in [1.29, 1.82) is 5.26 Å². The van der Waals surface area contributed by atoms with Gasteiger partial charge < -0.3 is 5.11 Å². The highest BCUT2D eigenvalue weighted by molar-refractivity contribution is 7.98. The Hall–Kier alpha value is -2.82. The summed E-state index contributed by atoms with van der Waals surface area (Å²) in [5.74, 6) is 4.32. The molecule has 2 atom stereocenters. The number of benzene rings is 3. The average molecular weight is 514 g/mol. The molecule has 0 aromatic heterocycles. The van der Waals surface area contributed by atoms with Crippen molar-refractivity contribution in [3.05, 3.63) is 91.0 Å². The molecule has 180 valence electrons. The van der Waals surface area contributed by atoms with Crippen LogP contribution in [0.5, 0.6) is 0 Å². The summed E-state index contributed by atoms with van der Waals surface area (Å²) in [7, 11) is -3.78. The minimum Gasteiger partial charge on any atom is -0.828 e. The molecule has 0 N–H and O–H groups in total. The van der Waals surface area contributed by atoms with Crippen LogP contribution in [0.1, 0.15) is 26.2 Å². The Bertz CT molecular complexity index is 1120. The van der Waals surface area contributed by atoms with Crippen LogP contribution >= 0.6 is 18.9 Å². The monoisotopic (exact) mass is 513 g/mol. The highest BCUT2D eigenvalue weighted by Gasteiger charge is 2.74. The maximum atomic E-state index is 14.7. The predicted molar refractivity (Wildman–Crippen MR) is 135 cm³/mol. The summed E-state index contributed by atoms with van der Waals surface area (Å²) in [5.41, 5.74) is -4.07. The van der Waals surface area contributed by atoms with Gasteiger partial charge in [-0.25, -0.2) is 0 Å². The van der Waals surface area contributed by atoms with Crippen molar-refractivity contribution in [2.75, 3.05) is 0 Å². The lowest BCUT2D eigenvalue weighted by molar-refractivity contribution is -0.517. The van der Waals surface area contributed by atoms with Gasteiger partial charge in [-0.1, -0.05) is 85.5 Å². The summed E-state index contributed by atoms with van der Waals surface area (Å²) in [5, 5.41) is 25.7. The molecule has 2 unspecified atom stereocenters. The molecule has 0 aliphatic rings. The molecule has 0 heterocycles. The number of nitriles is 1. The summed E-state index contributed by atoms with van der Waals surface area (Å²) in [6, 6.07) is 26.6. The number of nitrogens with zero attached hydrogens (tertiary/aromatic N) is 1. The molecule has 0 fully saturated rings. The summed E-state index contributed by atoms with van der Waals surface area (Å²) >= 11 is 6.91. The third-order valence-corrected chi connectivity index (χ3v) is 11.5. The molecular formula is C28H24ClF3NOP. The average Bonchev–Trinajstić information content (AvgIpc) is 2.88. The predicted octanol–water partition coefficient (Wildman–Crippen LogP) is 5.29. The summed E-state index contributed by atoms with van der Waals surface area (Å²) in [4.78, 5) is 0. The van der Waals surface area contributed by atoms with Crippen LogP contribution < -0.4 is 21.0 Å². The van der Waals surface area contributed by atoms with Crippen LogP contribution in [0.25, 0.3) is 0 Å². The van der Waals surface area contributed by atoms with E-state index in [1.165, 1.54) is 0 Å². The molecule has 0 spiro atoms. The Morgan fingerprint density at radius 2 is 1.23 bits per heavy atom. The van der Waals surface area contributed by atoms with E-state index < -0.39 is 23.7 Å². The van der Waals surface area contributed by atoms with Crippen LogP contribution in [-0.4, -0.2) is 16.4 Å². The molecule has 0 bridgehead atoms. The van der Waals surface area contributed by atoms with Crippen LogP contribution in [0.4, 0.5) is 13.2 Å². The Morgan fingerprint density at radius 1 is 0.829 bits per heavy atom. The lowest BCUT2D eigenvalue weighted by Crippen LogP contribution is -2.70. The number of hydrogen-bond acceptors (Lipinski definition) is 2. The molecular weight excluding hydrogens is 490 g/mol. The van der Waals surface area contributed by atoms with Gasteiger partial charge in [0.25, 0.3) is 4.62 Å². The van der Waals surface area contributed by atoms with E-state index >= 15 is 0 Å². The maximum Gasteiger partial charge on any atom is 0.397 e. The van der Waals surface area contributed by atoms with Gasteiger partial charge >= 0.3 is 6.18 Å². The first-order valence-corrected chi connectivity index (χ1v) is 13.3. The van der Waals surface area contributed by atoms with Gasteiger partial charge in [0.1, 0.15) is 34.8 Å². The SMILES string of the molecule is CCCCC#CC([O-])(C(F)(F)F)C(Cl)(C#N)[P+](c1ccccc1)(c1ccccc1)c1ccccc1. The molecule has 0 saturated carbocycles. The molecule has 7 heteroatoms. The third kappa shape index (κ3) is 4.57. The Labute approximate surface area is 209 Å². The standard InChI is InChI=1S/C28H24ClF3NOP/c1-2-3-4-14-21-26(34,28(30,31)32)27(29,22-33)35(23-15-8-5-9-16-23,24-17-10-6-11-18-24)25-19-12-7-13-20-25/h5-13,15-20H,2-4H2,1H3. The topological polar surface area (TPSA) is 46.8 Å². The molecule has 0 aliphatic heterocycles. The molecule has 0 radical (unpaired) electrons. The van der Waals surface area contributed by atoms with Gasteiger partial charge in [-0.05, 0) is 42.8 Å². The number of rotatable bonds is 7. The third-order valence-electron chi connectivity index (χ3n) is 5.83. The van der Waals surface area contributed by atoms with Crippen molar-refractivity contribution in [2.24, 2.45) is 0 Å². The lowest BCUT2D eigenvalue weighted by atomic mass is 9.98. The Balaban J connectivity index is 2.54. The van der Waals surface area contributed by atoms with E-state index in [-0.39, 0.29) is 6.42 Å². The van der Waals surface area contributed by atoms with E-state index in [1.807, 2.05) is 12.8 Å². The molecule has 35 heavy (non-hydrogen) atoms. The minimum atomic E-state index is -5.42. The van der Waals surface area contributed by atoms with E-state index in [4.69, 9.17) is 11.6 Å². The maximum absolute atomic E-state index is 14.7. The van der Waals surface area contributed by atoms with Crippen molar-refractivity contribution < 1.29 is 18.3 Å². The van der Waals surface area contributed by atoms with Crippen LogP contribution in [0, 0.1) is 23.2 Å². The second-order valence-corrected chi connectivity index (χ2v) is 12.4. The van der Waals surface area contributed by atoms with Crippen LogP contribution in [0.15, 0.2) is 91.0 Å². The van der Waals surface area contributed by atoms with Crippen LogP contribution in [-0.2, 0) is 0 Å². The van der Waals surface area contributed by atoms with Gasteiger partial charge in [0.15, 0.2) is 0 Å². The van der Waals surface area contributed by atoms with Crippen LogP contribution in [0.2, 0.25) is 0 Å². The van der Waals surface area contributed by atoms with Crippen molar-refractivity contribution in [2.45, 2.75) is 42.6 Å². The lowest BCUT2D eigenvalue weighted by Gasteiger charge is -2.50. The van der Waals surface area contributed by atoms with Crippen molar-refractivity contribution >= 4 is 34.8 Å². The molecule has 2 nitrogen and oxygen atoms in total. The van der Waals surface area contributed by atoms with E-state index in [1.54, 1.807) is 97.1 Å². The van der Waals surface area contributed by atoms with Gasteiger partial charge in [-0.3, -0.25) is 0 Å². The molecule has 0 amide bonds. The quantitative estimate of drug-likeness (QED) is 0.186. The highest BCUT2D eigenvalue weighted by Crippen LogP contribution is 2.72. The van der Waals surface area contributed by atoms with Gasteiger partial charge in [-0.2, -0.15) is 18.4 Å². The number of hydrogen-bond donors (Lipinski definition) is 0. The minimum absolute atomic E-state index is 0.0996. The summed E-state index contributed by atoms with van der Waals surface area (Å²) in [6.07, 6.45) is -4.10. The van der Waals surface area contributed by atoms with Crippen LogP contribution in [0.3, 0.4) is 0 Å². The van der Waals surface area contributed by atoms with Gasteiger partial charge in [0.2, 0.25) is 0 Å². The zero-order valence-corrected chi connectivity index (χ0v) is 20.7. The van der Waals surface area contributed by atoms with Gasteiger partial charge in [-0.15, -0.1) is 5.92 Å². The highest BCUT2D eigenvalue weighted by atomic mass is 35.5.